The standard InChI is InChI=1S/C17H18N2O2/c1-13(2)18-19(16(20)14-9-5-3-6-10-14)17(21)15-11-7-4-8-12-15/h3-13,18H,1-2H3. The van der Waals surface area contributed by atoms with Crippen LogP contribution in [0.1, 0.15) is 34.6 Å². The third-order valence-corrected chi connectivity index (χ3v) is 2.83. The molecule has 4 nitrogen and oxygen atoms in total. The molecule has 0 saturated heterocycles. The third kappa shape index (κ3) is 3.77. The molecule has 4 heteroatoms. The van der Waals surface area contributed by atoms with E-state index in [1.807, 2.05) is 26.0 Å². The van der Waals surface area contributed by atoms with Crippen molar-refractivity contribution in [1.29, 1.82) is 0 Å². The number of carbonyl (C=O) groups excluding carboxylic acids is 2. The molecule has 2 amide bonds. The maximum atomic E-state index is 12.5. The zero-order chi connectivity index (χ0) is 15.2. The van der Waals surface area contributed by atoms with Gasteiger partial charge < -0.3 is 0 Å². The summed E-state index contributed by atoms with van der Waals surface area (Å²) in [6.07, 6.45) is 0. The number of benzene rings is 2. The second-order valence-electron chi connectivity index (χ2n) is 4.96. The summed E-state index contributed by atoms with van der Waals surface area (Å²) in [7, 11) is 0. The van der Waals surface area contributed by atoms with Crippen molar-refractivity contribution < 1.29 is 9.59 Å². The smallest absolute Gasteiger partial charge is 0.267 e. The lowest BCUT2D eigenvalue weighted by Gasteiger charge is -2.24. The average molecular weight is 282 g/mol. The molecule has 0 aliphatic rings. The fourth-order valence-corrected chi connectivity index (χ4v) is 1.89. The van der Waals surface area contributed by atoms with Crippen molar-refractivity contribution >= 4 is 11.8 Å². The van der Waals surface area contributed by atoms with E-state index in [-0.39, 0.29) is 17.9 Å². The van der Waals surface area contributed by atoms with Crippen molar-refractivity contribution in [3.63, 3.8) is 0 Å². The Kier molecular flexibility index (Phi) is 4.85. The van der Waals surface area contributed by atoms with Crippen molar-refractivity contribution in [3.05, 3.63) is 71.8 Å². The van der Waals surface area contributed by atoms with Crippen molar-refractivity contribution in [2.24, 2.45) is 0 Å². The van der Waals surface area contributed by atoms with Crippen LogP contribution in [0.3, 0.4) is 0 Å². The summed E-state index contributed by atoms with van der Waals surface area (Å²) in [4.78, 5) is 25.1. The van der Waals surface area contributed by atoms with Crippen LogP contribution in [0, 0.1) is 0 Å². The van der Waals surface area contributed by atoms with Crippen LogP contribution in [-0.2, 0) is 0 Å². The van der Waals surface area contributed by atoms with Gasteiger partial charge in [0.2, 0.25) is 0 Å². The van der Waals surface area contributed by atoms with Gasteiger partial charge in [-0.25, -0.2) is 10.4 Å². The Bertz CT molecular complexity index is 558. The summed E-state index contributed by atoms with van der Waals surface area (Å²) in [5, 5.41) is 1.08. The van der Waals surface area contributed by atoms with E-state index in [2.05, 4.69) is 5.43 Å². The number of hydrogen-bond donors (Lipinski definition) is 1. The SMILES string of the molecule is CC(C)NN(C(=O)c1ccccc1)C(=O)c1ccccc1. The van der Waals surface area contributed by atoms with E-state index in [1.54, 1.807) is 48.5 Å². The second kappa shape index (κ2) is 6.81. The predicted molar refractivity (Wildman–Crippen MR) is 81.7 cm³/mol. The Hall–Kier alpha value is -2.46. The van der Waals surface area contributed by atoms with Crippen LogP contribution < -0.4 is 5.43 Å². The molecular weight excluding hydrogens is 264 g/mol. The van der Waals surface area contributed by atoms with Crippen LogP contribution >= 0.6 is 0 Å². The van der Waals surface area contributed by atoms with E-state index in [0.717, 1.165) is 5.01 Å². The number of hydrogen-bond acceptors (Lipinski definition) is 3. The van der Waals surface area contributed by atoms with Gasteiger partial charge in [0, 0.05) is 17.2 Å². The van der Waals surface area contributed by atoms with Gasteiger partial charge in [-0.05, 0) is 38.1 Å². The number of rotatable bonds is 4. The molecule has 0 radical (unpaired) electrons. The van der Waals surface area contributed by atoms with Crippen molar-refractivity contribution in [1.82, 2.24) is 10.4 Å². The molecule has 2 aromatic carbocycles. The van der Waals surface area contributed by atoms with Crippen molar-refractivity contribution in [2.75, 3.05) is 0 Å². The first-order valence-corrected chi connectivity index (χ1v) is 6.84. The van der Waals surface area contributed by atoms with Gasteiger partial charge in [0.15, 0.2) is 0 Å². The van der Waals surface area contributed by atoms with E-state index in [9.17, 15) is 9.59 Å². The second-order valence-corrected chi connectivity index (χ2v) is 4.96. The first-order valence-electron chi connectivity index (χ1n) is 6.84. The molecule has 0 atom stereocenters. The summed E-state index contributed by atoms with van der Waals surface area (Å²) < 4.78 is 0. The Labute approximate surface area is 124 Å². The molecule has 0 aliphatic heterocycles. The summed E-state index contributed by atoms with van der Waals surface area (Å²) >= 11 is 0. The van der Waals surface area contributed by atoms with E-state index >= 15 is 0 Å². The zero-order valence-electron chi connectivity index (χ0n) is 12.1. The summed E-state index contributed by atoms with van der Waals surface area (Å²) in [5.74, 6) is -0.726. The average Bonchev–Trinajstić information content (AvgIpc) is 2.53. The molecule has 2 rings (SSSR count). The molecule has 1 N–H and O–H groups in total. The highest BCUT2D eigenvalue weighted by molar-refractivity contribution is 6.09. The van der Waals surface area contributed by atoms with E-state index in [0.29, 0.717) is 11.1 Å². The molecule has 0 aromatic heterocycles. The fourth-order valence-electron chi connectivity index (χ4n) is 1.89. The Balaban J connectivity index is 2.31. The summed E-state index contributed by atoms with van der Waals surface area (Å²) in [6.45, 7) is 3.76. The van der Waals surface area contributed by atoms with Gasteiger partial charge >= 0.3 is 0 Å². The monoisotopic (exact) mass is 282 g/mol. The Morgan fingerprint density at radius 1 is 0.810 bits per heavy atom. The number of nitrogens with zero attached hydrogens (tertiary/aromatic N) is 1. The molecule has 0 fully saturated rings. The van der Waals surface area contributed by atoms with Gasteiger partial charge in [-0.1, -0.05) is 36.4 Å². The molecule has 0 saturated carbocycles. The first-order chi connectivity index (χ1) is 10.1. The minimum absolute atomic E-state index is 0.0367. The van der Waals surface area contributed by atoms with E-state index in [4.69, 9.17) is 0 Å². The van der Waals surface area contributed by atoms with Crippen LogP contribution in [0.5, 0.6) is 0 Å². The van der Waals surface area contributed by atoms with Gasteiger partial charge in [0.1, 0.15) is 0 Å². The quantitative estimate of drug-likeness (QED) is 0.693. The minimum Gasteiger partial charge on any atom is -0.267 e. The van der Waals surface area contributed by atoms with Crippen molar-refractivity contribution in [3.8, 4) is 0 Å². The molecule has 21 heavy (non-hydrogen) atoms. The number of nitrogens with one attached hydrogen (secondary N) is 1. The van der Waals surface area contributed by atoms with Crippen LogP contribution in [0.4, 0.5) is 0 Å². The van der Waals surface area contributed by atoms with Crippen LogP contribution in [0.2, 0.25) is 0 Å². The van der Waals surface area contributed by atoms with Crippen LogP contribution in [-0.4, -0.2) is 22.9 Å². The Morgan fingerprint density at radius 3 is 1.52 bits per heavy atom. The first kappa shape index (κ1) is 14.9. The van der Waals surface area contributed by atoms with Crippen LogP contribution in [0.25, 0.3) is 0 Å². The molecule has 2 aromatic rings. The van der Waals surface area contributed by atoms with Crippen LogP contribution in [0.15, 0.2) is 60.7 Å². The fraction of sp³-hybridized carbons (Fsp3) is 0.176. The Morgan fingerprint density at radius 2 is 1.19 bits per heavy atom. The zero-order valence-corrected chi connectivity index (χ0v) is 12.1. The number of imide groups is 1. The minimum atomic E-state index is -0.363. The largest absolute Gasteiger partial charge is 0.275 e. The maximum Gasteiger partial charge on any atom is 0.275 e. The highest BCUT2D eigenvalue weighted by Gasteiger charge is 2.24. The highest BCUT2D eigenvalue weighted by atomic mass is 16.2. The molecule has 0 spiro atoms. The van der Waals surface area contributed by atoms with Crippen molar-refractivity contribution in [2.45, 2.75) is 19.9 Å². The maximum absolute atomic E-state index is 12.5. The lowest BCUT2D eigenvalue weighted by atomic mass is 10.1. The number of hydrazine groups is 1. The van der Waals surface area contributed by atoms with E-state index < -0.39 is 0 Å². The molecule has 0 unspecified atom stereocenters. The van der Waals surface area contributed by atoms with Gasteiger partial charge in [-0.15, -0.1) is 0 Å². The normalized spacial score (nSPS) is 10.4. The molecule has 108 valence electrons. The molecule has 0 heterocycles. The topological polar surface area (TPSA) is 49.4 Å². The van der Waals surface area contributed by atoms with E-state index in [1.165, 1.54) is 0 Å². The highest BCUT2D eigenvalue weighted by Crippen LogP contribution is 2.09. The predicted octanol–water partition coefficient (Wildman–Crippen LogP) is 2.88. The summed E-state index contributed by atoms with van der Waals surface area (Å²) in [6, 6.07) is 17.5. The third-order valence-electron chi connectivity index (χ3n) is 2.83. The van der Waals surface area contributed by atoms with Gasteiger partial charge in [0.05, 0.1) is 0 Å². The molecule has 0 bridgehead atoms. The van der Waals surface area contributed by atoms with Gasteiger partial charge in [-0.3, -0.25) is 9.59 Å². The number of carbonyl (C=O) groups is 2. The van der Waals surface area contributed by atoms with Gasteiger partial charge in [-0.2, -0.15) is 0 Å². The lowest BCUT2D eigenvalue weighted by molar-refractivity contribution is 0.0503. The molecular formula is C17H18N2O2. The molecule has 0 aliphatic carbocycles. The van der Waals surface area contributed by atoms with Gasteiger partial charge in [0.25, 0.3) is 11.8 Å². The number of amides is 2. The summed E-state index contributed by atoms with van der Waals surface area (Å²) in [5.41, 5.74) is 3.85. The lowest BCUT2D eigenvalue weighted by Crippen LogP contribution is -2.50.